The first-order valence-electron chi connectivity index (χ1n) is 12.1. The smallest absolute Gasteiger partial charge is 0.224 e. The summed E-state index contributed by atoms with van der Waals surface area (Å²) in [6.45, 7) is 4.19. The summed E-state index contributed by atoms with van der Waals surface area (Å²) >= 11 is 0. The highest BCUT2D eigenvalue weighted by atomic mass is 16.2. The molecule has 3 aliphatic heterocycles. The van der Waals surface area contributed by atoms with Gasteiger partial charge < -0.3 is 9.47 Å². The van der Waals surface area contributed by atoms with E-state index in [9.17, 15) is 4.79 Å². The second-order valence-electron chi connectivity index (χ2n) is 9.91. The van der Waals surface area contributed by atoms with Gasteiger partial charge in [0, 0.05) is 43.8 Å². The van der Waals surface area contributed by atoms with E-state index in [0.29, 0.717) is 24.3 Å². The highest BCUT2D eigenvalue weighted by molar-refractivity contribution is 5.81. The molecule has 4 atom stereocenters. The third kappa shape index (κ3) is 3.11. The van der Waals surface area contributed by atoms with Crippen molar-refractivity contribution in [3.63, 3.8) is 0 Å². The summed E-state index contributed by atoms with van der Waals surface area (Å²) in [6.07, 6.45) is 13.1. The van der Waals surface area contributed by atoms with Crippen LogP contribution in [0.15, 0.2) is 48.2 Å². The van der Waals surface area contributed by atoms with Crippen LogP contribution in [0.25, 0.3) is 10.9 Å². The van der Waals surface area contributed by atoms with E-state index in [1.54, 1.807) is 5.57 Å². The SMILES string of the molecule is O=C(CCn1ccc2ccccc21)N1CCCC2=C[C@H]3C[C@@H](CN4CCCC[C@H]34)[C@@H]21. The summed E-state index contributed by atoms with van der Waals surface area (Å²) in [5.41, 5.74) is 2.82. The largest absolute Gasteiger partial charge is 0.347 e. The lowest BCUT2D eigenvalue weighted by molar-refractivity contribution is -0.136. The zero-order chi connectivity index (χ0) is 20.1. The Labute approximate surface area is 179 Å². The van der Waals surface area contributed by atoms with E-state index in [0.717, 1.165) is 31.5 Å². The topological polar surface area (TPSA) is 28.5 Å². The highest BCUT2D eigenvalue weighted by Crippen LogP contribution is 2.45. The number of fused-ring (bicyclic) bond motifs is 7. The zero-order valence-corrected chi connectivity index (χ0v) is 17.9. The predicted molar refractivity (Wildman–Crippen MR) is 120 cm³/mol. The van der Waals surface area contributed by atoms with Gasteiger partial charge in [-0.25, -0.2) is 0 Å². The van der Waals surface area contributed by atoms with Gasteiger partial charge >= 0.3 is 0 Å². The first-order chi connectivity index (χ1) is 14.8. The quantitative estimate of drug-likeness (QED) is 0.708. The molecule has 4 heteroatoms. The van der Waals surface area contributed by atoms with Crippen LogP contribution < -0.4 is 0 Å². The number of nitrogens with zero attached hydrogens (tertiary/aromatic N) is 3. The first kappa shape index (κ1) is 18.7. The van der Waals surface area contributed by atoms with Crippen LogP contribution in [0.3, 0.4) is 0 Å². The van der Waals surface area contributed by atoms with Crippen molar-refractivity contribution in [2.24, 2.45) is 11.8 Å². The number of benzene rings is 1. The third-order valence-electron chi connectivity index (χ3n) is 8.22. The maximum Gasteiger partial charge on any atom is 0.224 e. The Balaban J connectivity index is 1.20. The molecule has 0 spiro atoms. The van der Waals surface area contributed by atoms with Crippen molar-refractivity contribution in [2.75, 3.05) is 19.6 Å². The van der Waals surface area contributed by atoms with Crippen LogP contribution in [-0.4, -0.2) is 52.0 Å². The zero-order valence-electron chi connectivity index (χ0n) is 17.9. The monoisotopic (exact) mass is 403 g/mol. The van der Waals surface area contributed by atoms with Crippen molar-refractivity contribution in [3.05, 3.63) is 48.2 Å². The van der Waals surface area contributed by atoms with Crippen LogP contribution in [0.5, 0.6) is 0 Å². The van der Waals surface area contributed by atoms with Gasteiger partial charge in [0.1, 0.15) is 0 Å². The van der Waals surface area contributed by atoms with Gasteiger partial charge in [0.2, 0.25) is 5.91 Å². The lowest BCUT2D eigenvalue weighted by Crippen LogP contribution is -2.60. The van der Waals surface area contributed by atoms with Crippen molar-refractivity contribution in [1.82, 2.24) is 14.4 Å². The molecule has 1 aromatic carbocycles. The van der Waals surface area contributed by atoms with E-state index >= 15 is 0 Å². The number of hydrogen-bond donors (Lipinski definition) is 0. The Morgan fingerprint density at radius 1 is 1.07 bits per heavy atom. The Morgan fingerprint density at radius 2 is 2.00 bits per heavy atom. The molecule has 4 nitrogen and oxygen atoms in total. The standard InChI is InChI=1S/C26H33N3O/c30-25(11-15-27-14-10-19-6-1-2-8-23(19)27)29-13-5-7-20-16-21-17-22(26(20)29)18-28-12-4-3-9-24(21)28/h1-2,6,8,10,14,16,21-22,24,26H,3-5,7,9,11-13,15,17-18H2/t21-,22-,24+,26+/m0/s1. The second kappa shape index (κ2) is 7.56. The van der Waals surface area contributed by atoms with Gasteiger partial charge in [-0.2, -0.15) is 0 Å². The van der Waals surface area contributed by atoms with Gasteiger partial charge in [-0.3, -0.25) is 9.69 Å². The van der Waals surface area contributed by atoms with Crippen LogP contribution in [0.4, 0.5) is 0 Å². The molecular weight excluding hydrogens is 370 g/mol. The number of aryl methyl sites for hydroxylation is 1. The predicted octanol–water partition coefficient (Wildman–Crippen LogP) is 4.45. The summed E-state index contributed by atoms with van der Waals surface area (Å²) in [6, 6.07) is 11.7. The van der Waals surface area contributed by atoms with Gasteiger partial charge in [-0.15, -0.1) is 0 Å². The Kier molecular flexibility index (Phi) is 4.71. The molecule has 1 aromatic heterocycles. The Bertz CT molecular complexity index is 976. The van der Waals surface area contributed by atoms with E-state index < -0.39 is 0 Å². The van der Waals surface area contributed by atoms with Gasteiger partial charge in [-0.1, -0.05) is 36.3 Å². The minimum absolute atomic E-state index is 0.350. The van der Waals surface area contributed by atoms with Crippen LogP contribution in [0.1, 0.15) is 44.9 Å². The molecule has 0 radical (unpaired) electrons. The van der Waals surface area contributed by atoms with Gasteiger partial charge in [-0.05, 0) is 68.0 Å². The fraction of sp³-hybridized carbons (Fsp3) is 0.577. The van der Waals surface area contributed by atoms with Crippen LogP contribution in [0.2, 0.25) is 0 Å². The average molecular weight is 404 g/mol. The van der Waals surface area contributed by atoms with Crippen molar-refractivity contribution in [2.45, 2.75) is 63.6 Å². The average Bonchev–Trinajstić information content (AvgIpc) is 3.20. The number of carbonyl (C=O) groups excluding carboxylic acids is 1. The van der Waals surface area contributed by atoms with Crippen molar-refractivity contribution in [1.29, 1.82) is 0 Å². The minimum atomic E-state index is 0.350. The molecule has 2 aromatic rings. The Hall–Kier alpha value is -2.07. The van der Waals surface area contributed by atoms with Gasteiger partial charge in [0.15, 0.2) is 0 Å². The molecule has 0 N–H and O–H groups in total. The summed E-state index contributed by atoms with van der Waals surface area (Å²) in [4.78, 5) is 18.4. The Morgan fingerprint density at radius 3 is 2.97 bits per heavy atom. The number of carbonyl (C=O) groups is 1. The molecule has 1 amide bonds. The normalized spacial score (nSPS) is 31.2. The van der Waals surface area contributed by atoms with Crippen molar-refractivity contribution < 1.29 is 4.79 Å². The molecule has 6 rings (SSSR count). The number of aromatic nitrogens is 1. The first-order valence-corrected chi connectivity index (χ1v) is 12.1. The summed E-state index contributed by atoms with van der Waals surface area (Å²) in [7, 11) is 0. The van der Waals surface area contributed by atoms with E-state index in [1.165, 1.54) is 56.1 Å². The molecule has 3 saturated heterocycles. The minimum Gasteiger partial charge on any atom is -0.347 e. The molecular formula is C26H33N3O. The van der Waals surface area contributed by atoms with E-state index in [-0.39, 0.29) is 0 Å². The molecule has 1 aliphatic carbocycles. The van der Waals surface area contributed by atoms with Crippen LogP contribution in [0, 0.1) is 11.8 Å². The fourth-order valence-electron chi connectivity index (χ4n) is 6.95. The second-order valence-corrected chi connectivity index (χ2v) is 9.91. The fourth-order valence-corrected chi connectivity index (χ4v) is 6.95. The highest BCUT2D eigenvalue weighted by Gasteiger charge is 2.46. The van der Waals surface area contributed by atoms with Gasteiger partial charge in [0.25, 0.3) is 0 Å². The lowest BCUT2D eigenvalue weighted by Gasteiger charge is -2.54. The van der Waals surface area contributed by atoms with Gasteiger partial charge in [0.05, 0.1) is 6.04 Å². The molecule has 30 heavy (non-hydrogen) atoms. The third-order valence-corrected chi connectivity index (χ3v) is 8.22. The number of para-hydroxylation sites is 1. The molecule has 4 heterocycles. The maximum atomic E-state index is 13.4. The van der Waals surface area contributed by atoms with Crippen molar-refractivity contribution >= 4 is 16.8 Å². The summed E-state index contributed by atoms with van der Waals surface area (Å²) in [5.74, 6) is 1.72. The number of piperidine rings is 3. The summed E-state index contributed by atoms with van der Waals surface area (Å²) < 4.78 is 2.24. The number of likely N-dealkylation sites (tertiary alicyclic amines) is 1. The molecule has 0 unspecified atom stereocenters. The van der Waals surface area contributed by atoms with E-state index in [2.05, 4.69) is 57.0 Å². The van der Waals surface area contributed by atoms with Crippen LogP contribution >= 0.6 is 0 Å². The molecule has 158 valence electrons. The van der Waals surface area contributed by atoms with E-state index in [1.807, 2.05) is 0 Å². The van der Waals surface area contributed by atoms with Crippen LogP contribution in [-0.2, 0) is 11.3 Å². The van der Waals surface area contributed by atoms with Crippen molar-refractivity contribution in [3.8, 4) is 0 Å². The molecule has 4 aliphatic rings. The number of amides is 1. The summed E-state index contributed by atoms with van der Waals surface area (Å²) in [5, 5.41) is 1.25. The number of rotatable bonds is 3. The maximum absolute atomic E-state index is 13.4. The molecule has 3 fully saturated rings. The lowest BCUT2D eigenvalue weighted by atomic mass is 9.68. The molecule has 0 saturated carbocycles. The molecule has 2 bridgehead atoms. The van der Waals surface area contributed by atoms with E-state index in [4.69, 9.17) is 0 Å². The number of hydrogen-bond acceptors (Lipinski definition) is 2.